The van der Waals surface area contributed by atoms with Gasteiger partial charge in [0, 0.05) is 0 Å². The van der Waals surface area contributed by atoms with Crippen molar-refractivity contribution in [3.8, 4) is 0 Å². The summed E-state index contributed by atoms with van der Waals surface area (Å²) in [5.41, 5.74) is 0. The zero-order valence-electron chi connectivity index (χ0n) is 10.7. The molecule has 0 amide bonds. The lowest BCUT2D eigenvalue weighted by molar-refractivity contribution is 0.341. The minimum absolute atomic E-state index is 0.747. The summed E-state index contributed by atoms with van der Waals surface area (Å²) in [4.78, 5) is 0. The van der Waals surface area contributed by atoms with Crippen LogP contribution in [0.5, 0.6) is 0 Å². The van der Waals surface area contributed by atoms with Crippen molar-refractivity contribution < 1.29 is 12.3 Å². The van der Waals surface area contributed by atoms with Gasteiger partial charge in [0.15, 0.2) is 8.32 Å². The van der Waals surface area contributed by atoms with Gasteiger partial charge < -0.3 is 12.3 Å². The number of hydrogen-bond acceptors (Lipinski definition) is 3. The number of hydrogen-bond donors (Lipinski definition) is 0. The molecular formula is C7H24O3Si4. The lowest BCUT2D eigenvalue weighted by Crippen LogP contribution is -2.52. The molecular weight excluding hydrogens is 244 g/mol. The van der Waals surface area contributed by atoms with Gasteiger partial charge in [-0.1, -0.05) is 0 Å². The molecule has 0 aliphatic rings. The molecule has 0 aromatic heterocycles. The van der Waals surface area contributed by atoms with Crippen LogP contribution in [0.3, 0.4) is 0 Å². The second-order valence-electron chi connectivity index (χ2n) is 5.32. The van der Waals surface area contributed by atoms with Gasteiger partial charge in [0.25, 0.3) is 0 Å². The molecule has 0 N–H and O–H groups in total. The Morgan fingerprint density at radius 3 is 1.43 bits per heavy atom. The Kier molecular flexibility index (Phi) is 4.98. The average molecular weight is 269 g/mol. The van der Waals surface area contributed by atoms with E-state index in [0.29, 0.717) is 0 Å². The highest BCUT2D eigenvalue weighted by Crippen LogP contribution is 2.20. The van der Waals surface area contributed by atoms with E-state index in [1.807, 2.05) is 0 Å². The maximum absolute atomic E-state index is 6.09. The van der Waals surface area contributed by atoms with E-state index in [9.17, 15) is 0 Å². The van der Waals surface area contributed by atoms with Gasteiger partial charge >= 0.3 is 17.1 Å². The summed E-state index contributed by atoms with van der Waals surface area (Å²) in [5, 5.41) is 0. The highest BCUT2D eigenvalue weighted by Gasteiger charge is 2.38. The van der Waals surface area contributed by atoms with Crippen LogP contribution in [0.4, 0.5) is 0 Å². The predicted octanol–water partition coefficient (Wildman–Crippen LogP) is 1.56. The maximum atomic E-state index is 6.09. The molecule has 0 saturated heterocycles. The average Bonchev–Trinajstić information content (AvgIpc) is 1.78. The molecule has 0 radical (unpaired) electrons. The van der Waals surface area contributed by atoms with Gasteiger partial charge in [0.05, 0.1) is 0 Å². The zero-order chi connectivity index (χ0) is 11.6. The number of rotatable bonds is 5. The Balaban J connectivity index is 4.35. The van der Waals surface area contributed by atoms with Crippen molar-refractivity contribution in [2.24, 2.45) is 0 Å². The van der Waals surface area contributed by atoms with Crippen LogP contribution in [0.25, 0.3) is 0 Å². The minimum atomic E-state index is -1.97. The maximum Gasteiger partial charge on any atom is 0.312 e. The van der Waals surface area contributed by atoms with Gasteiger partial charge in [-0.25, -0.2) is 0 Å². The largest absolute Gasteiger partial charge is 0.445 e. The lowest BCUT2D eigenvalue weighted by Gasteiger charge is -2.36. The molecule has 86 valence electrons. The first-order chi connectivity index (χ1) is 5.97. The van der Waals surface area contributed by atoms with Crippen LogP contribution < -0.4 is 0 Å². The summed E-state index contributed by atoms with van der Waals surface area (Å²) in [6, 6.07) is 0. The first-order valence-corrected chi connectivity index (χ1v) is 14.8. The van der Waals surface area contributed by atoms with Crippen LogP contribution in [0, 0.1) is 0 Å². The van der Waals surface area contributed by atoms with Crippen LogP contribution in [-0.4, -0.2) is 35.9 Å². The molecule has 7 heteroatoms. The Hall–Kier alpha value is 0.748. The van der Waals surface area contributed by atoms with Crippen LogP contribution in [0.2, 0.25) is 45.8 Å². The third-order valence-electron chi connectivity index (χ3n) is 1.54. The molecule has 0 spiro atoms. The van der Waals surface area contributed by atoms with E-state index in [-0.39, 0.29) is 0 Å². The Morgan fingerprint density at radius 2 is 1.14 bits per heavy atom. The molecule has 0 heterocycles. The zero-order valence-corrected chi connectivity index (χ0v) is 15.7. The summed E-state index contributed by atoms with van der Waals surface area (Å²) in [6.07, 6.45) is 0. The Bertz CT molecular complexity index is 188. The van der Waals surface area contributed by atoms with Crippen LogP contribution in [0.15, 0.2) is 0 Å². The fourth-order valence-electron chi connectivity index (χ4n) is 1.39. The third-order valence-corrected chi connectivity index (χ3v) is 13.8. The molecule has 0 fully saturated rings. The summed E-state index contributed by atoms with van der Waals surface area (Å²) in [6.45, 7) is 15.0. The van der Waals surface area contributed by atoms with Crippen LogP contribution >= 0.6 is 0 Å². The molecule has 0 aromatic rings. The highest BCUT2D eigenvalue weighted by atomic mass is 28.5. The molecule has 0 saturated carbocycles. The molecule has 0 bridgehead atoms. The van der Waals surface area contributed by atoms with Crippen molar-refractivity contribution in [3.63, 3.8) is 0 Å². The minimum Gasteiger partial charge on any atom is -0.445 e. The Morgan fingerprint density at radius 1 is 0.714 bits per heavy atom. The van der Waals surface area contributed by atoms with Crippen molar-refractivity contribution >= 4 is 35.9 Å². The summed E-state index contributed by atoms with van der Waals surface area (Å²) < 4.78 is 17.7. The lowest BCUT2D eigenvalue weighted by atomic mass is 11.8. The quantitative estimate of drug-likeness (QED) is 0.708. The smallest absolute Gasteiger partial charge is 0.312 e. The molecule has 14 heavy (non-hydrogen) atoms. The summed E-state index contributed by atoms with van der Waals surface area (Å²) >= 11 is 0. The van der Waals surface area contributed by atoms with Crippen molar-refractivity contribution in [2.45, 2.75) is 45.8 Å². The van der Waals surface area contributed by atoms with Crippen molar-refractivity contribution in [3.05, 3.63) is 0 Å². The molecule has 0 aromatic carbocycles. The molecule has 0 aliphatic carbocycles. The van der Waals surface area contributed by atoms with Crippen LogP contribution in [0.1, 0.15) is 0 Å². The summed E-state index contributed by atoms with van der Waals surface area (Å²) in [7, 11) is -4.61. The molecule has 0 aliphatic heterocycles. The van der Waals surface area contributed by atoms with Gasteiger partial charge in [-0.05, 0) is 45.8 Å². The second kappa shape index (κ2) is 4.72. The fourth-order valence-corrected chi connectivity index (χ4v) is 13.7. The van der Waals surface area contributed by atoms with Crippen molar-refractivity contribution in [1.82, 2.24) is 0 Å². The second-order valence-corrected chi connectivity index (χ2v) is 18.4. The van der Waals surface area contributed by atoms with Gasteiger partial charge in [-0.3, -0.25) is 0 Å². The molecule has 0 unspecified atom stereocenters. The topological polar surface area (TPSA) is 27.7 Å². The Labute approximate surface area is 94.3 Å². The third kappa shape index (κ3) is 7.09. The molecule has 0 atom stereocenters. The van der Waals surface area contributed by atoms with Gasteiger partial charge in [0.1, 0.15) is 10.5 Å². The summed E-state index contributed by atoms with van der Waals surface area (Å²) in [5.74, 6) is 0. The van der Waals surface area contributed by atoms with E-state index in [0.717, 1.165) is 10.5 Å². The molecule has 3 nitrogen and oxygen atoms in total. The normalized spacial score (nSPS) is 14.8. The SMILES string of the molecule is C[Si](C)(C)O[Si](C)(C)O[Si](C)(C)O[SiH3]. The van der Waals surface area contributed by atoms with E-state index in [4.69, 9.17) is 12.3 Å². The van der Waals surface area contributed by atoms with E-state index in [2.05, 4.69) is 45.8 Å². The van der Waals surface area contributed by atoms with E-state index in [1.165, 1.54) is 0 Å². The van der Waals surface area contributed by atoms with Gasteiger partial charge in [-0.15, -0.1) is 0 Å². The first-order valence-electron chi connectivity index (χ1n) is 4.93. The molecule has 0 rings (SSSR count). The van der Waals surface area contributed by atoms with Gasteiger partial charge in [0.2, 0.25) is 0 Å². The predicted molar refractivity (Wildman–Crippen MR) is 71.5 cm³/mol. The van der Waals surface area contributed by atoms with Gasteiger partial charge in [-0.2, -0.15) is 0 Å². The monoisotopic (exact) mass is 268 g/mol. The van der Waals surface area contributed by atoms with Crippen LogP contribution in [-0.2, 0) is 12.3 Å². The fraction of sp³-hybridized carbons (Fsp3) is 1.00. The standard InChI is InChI=1S/C7H24O3Si4/c1-12(2,3)9-14(6,7)10-13(4,5)8-11/h1-7,11H3. The first kappa shape index (κ1) is 14.7. The van der Waals surface area contributed by atoms with E-state index < -0.39 is 25.4 Å². The highest BCUT2D eigenvalue weighted by molar-refractivity contribution is 6.86. The van der Waals surface area contributed by atoms with E-state index >= 15 is 0 Å². The van der Waals surface area contributed by atoms with E-state index in [1.54, 1.807) is 0 Å². The van der Waals surface area contributed by atoms with Crippen molar-refractivity contribution in [1.29, 1.82) is 0 Å². The van der Waals surface area contributed by atoms with Crippen molar-refractivity contribution in [2.75, 3.05) is 0 Å².